The average Bonchev–Trinajstić information content (AvgIpc) is 3.07. The number of aldehydes is 1. The van der Waals surface area contributed by atoms with Crippen molar-refractivity contribution in [3.63, 3.8) is 0 Å². The summed E-state index contributed by atoms with van der Waals surface area (Å²) in [6.45, 7) is -3.73. The van der Waals surface area contributed by atoms with E-state index in [1.807, 2.05) is 54.6 Å². The number of β-lactam (4-membered cyclic amide) rings is 1. The zero-order chi connectivity index (χ0) is 31.1. The van der Waals surface area contributed by atoms with Crippen molar-refractivity contribution in [1.82, 2.24) is 10.2 Å². The second-order valence-electron chi connectivity index (χ2n) is 9.61. The largest absolute Gasteiger partial charge is 0.484 e. The lowest BCUT2D eigenvalue weighted by atomic mass is 10.1. The number of carboxylic acids is 1. The Morgan fingerprint density at radius 2 is 1.25 bits per heavy atom. The number of rotatable bonds is 11. The number of carbonyl (C=O) groups excluding carboxylic acids is 4. The van der Waals surface area contributed by atoms with E-state index in [9.17, 15) is 29.1 Å². The van der Waals surface area contributed by atoms with Crippen LogP contribution in [0.3, 0.4) is 0 Å². The highest BCUT2D eigenvalue weighted by molar-refractivity contribution is 8.15. The van der Waals surface area contributed by atoms with Crippen LogP contribution in [0.2, 0.25) is 0 Å². The van der Waals surface area contributed by atoms with Crippen LogP contribution in [0.4, 0.5) is 0 Å². The number of para-hydroxylation sites is 1. The van der Waals surface area contributed by atoms with Gasteiger partial charge in [-0.2, -0.15) is 0 Å². The van der Waals surface area contributed by atoms with E-state index in [1.54, 1.807) is 66.7 Å². The van der Waals surface area contributed by atoms with Crippen molar-refractivity contribution in [3.8, 4) is 5.75 Å². The lowest BCUT2D eigenvalue weighted by Gasteiger charge is -2.48. The molecule has 2 atom stereocenters. The molecule has 5 rings (SSSR count). The summed E-state index contributed by atoms with van der Waals surface area (Å²) in [5, 5.41) is 13.4. The summed E-state index contributed by atoms with van der Waals surface area (Å²) >= 11 is 0.486. The zero-order valence-electron chi connectivity index (χ0n) is 23.2. The van der Waals surface area contributed by atoms with Gasteiger partial charge in [0.05, 0.1) is 0 Å². The number of likely N-dealkylation sites (tertiary alicyclic amines) is 1. The smallest absolute Gasteiger partial charge is 0.353 e. The lowest BCUT2D eigenvalue weighted by Crippen LogP contribution is -2.72. The van der Waals surface area contributed by atoms with E-state index in [1.165, 1.54) is 0 Å². The lowest BCUT2D eigenvalue weighted by molar-refractivity contribution is -0.145. The number of carboxylic acid groups (broad SMARTS) is 1. The predicted octanol–water partition coefficient (Wildman–Crippen LogP) is 2.39. The molecule has 1 heterocycles. The molecule has 44 heavy (non-hydrogen) atoms. The van der Waals surface area contributed by atoms with Crippen LogP contribution in [0.25, 0.3) is 0 Å². The molecule has 0 saturated carbocycles. The standard InChI is InChI=1S/C33H27N2O7PS/c36-21-28(38)44-32-29(34-27(37)22-42-23-13-5-1-6-14-23)30(39)35(32)31(33(40)41)43(24-15-7-2-8-16-24,25-17-9-3-10-18-25)26-19-11-4-12-20-26/h1-21,29,32H,22H2,(H,34,37)(H,40,41)/t29-,32-/m1/s1. The van der Waals surface area contributed by atoms with Crippen LogP contribution in [0.5, 0.6) is 5.75 Å². The van der Waals surface area contributed by atoms with E-state index in [0.717, 1.165) is 4.90 Å². The third-order valence-electron chi connectivity index (χ3n) is 6.97. The Kier molecular flexibility index (Phi) is 9.43. The first kappa shape index (κ1) is 30.5. The molecule has 2 N–H and O–H groups in total. The molecule has 0 aromatic heterocycles. The minimum Gasteiger partial charge on any atom is -0.484 e. The predicted molar refractivity (Wildman–Crippen MR) is 171 cm³/mol. The summed E-state index contributed by atoms with van der Waals surface area (Å²) in [7, 11) is 0. The minimum atomic E-state index is -3.31. The summed E-state index contributed by atoms with van der Waals surface area (Å²) in [6.07, 6.45) is 0.0947. The molecule has 4 aromatic carbocycles. The van der Waals surface area contributed by atoms with Gasteiger partial charge in [-0.05, 0) is 28.0 Å². The SMILES string of the molecule is O=CC(=O)S[C@@H]1[C@H](NC(=O)COc2ccccc2)C(=O)N1C(C(=O)O)=P(c1ccccc1)(c1ccccc1)c1ccccc1. The Hall–Kier alpha value is -4.92. The third-order valence-corrected chi connectivity index (χ3v) is 12.3. The molecule has 0 unspecified atom stereocenters. The number of carbonyl (C=O) groups is 5. The number of nitrogens with one attached hydrogen (secondary N) is 1. The number of benzene rings is 4. The van der Waals surface area contributed by atoms with Crippen molar-refractivity contribution in [3.05, 3.63) is 121 Å². The van der Waals surface area contributed by atoms with Crippen molar-refractivity contribution in [2.45, 2.75) is 11.4 Å². The first-order valence-electron chi connectivity index (χ1n) is 13.5. The Morgan fingerprint density at radius 1 is 0.795 bits per heavy atom. The fraction of sp³-hybridized carbons (Fsp3) is 0.0909. The fourth-order valence-electron chi connectivity index (χ4n) is 5.15. The van der Waals surface area contributed by atoms with Gasteiger partial charge in [-0.25, -0.2) is 4.79 Å². The third kappa shape index (κ3) is 5.95. The van der Waals surface area contributed by atoms with Gasteiger partial charge in [0, 0.05) is 6.89 Å². The van der Waals surface area contributed by atoms with E-state index >= 15 is 0 Å². The molecule has 9 nitrogen and oxygen atoms in total. The minimum absolute atomic E-state index is 0.0947. The molecular weight excluding hydrogens is 599 g/mol. The van der Waals surface area contributed by atoms with Crippen molar-refractivity contribution in [1.29, 1.82) is 0 Å². The molecule has 222 valence electrons. The summed E-state index contributed by atoms with van der Waals surface area (Å²) in [5.41, 5.74) is -0.242. The Balaban J connectivity index is 1.67. The van der Waals surface area contributed by atoms with Gasteiger partial charge in [-0.3, -0.25) is 24.1 Å². The number of ether oxygens (including phenoxy) is 1. The molecule has 4 aromatic rings. The van der Waals surface area contributed by atoms with Crippen LogP contribution in [0, 0.1) is 0 Å². The van der Waals surface area contributed by atoms with Crippen molar-refractivity contribution >= 4 is 69.2 Å². The van der Waals surface area contributed by atoms with Crippen molar-refractivity contribution in [2.75, 3.05) is 6.61 Å². The first-order chi connectivity index (χ1) is 21.4. The molecule has 2 amide bonds. The topological polar surface area (TPSA) is 130 Å². The Labute approximate surface area is 257 Å². The summed E-state index contributed by atoms with van der Waals surface area (Å²) in [5.74, 6) is -2.30. The van der Waals surface area contributed by atoms with Crippen LogP contribution in [-0.4, -0.2) is 62.6 Å². The van der Waals surface area contributed by atoms with Crippen molar-refractivity contribution in [2.24, 2.45) is 0 Å². The molecule has 0 bridgehead atoms. The van der Waals surface area contributed by atoms with Crippen LogP contribution < -0.4 is 26.0 Å². The highest BCUT2D eigenvalue weighted by Crippen LogP contribution is 2.49. The summed E-state index contributed by atoms with van der Waals surface area (Å²) < 4.78 is 5.49. The van der Waals surface area contributed by atoms with Crippen molar-refractivity contribution < 1.29 is 33.8 Å². The highest BCUT2D eigenvalue weighted by Gasteiger charge is 2.55. The molecule has 0 aliphatic carbocycles. The van der Waals surface area contributed by atoms with Gasteiger partial charge in [0.1, 0.15) is 22.6 Å². The molecule has 1 fully saturated rings. The average molecular weight is 627 g/mol. The molecule has 1 aliphatic heterocycles. The molecular formula is C33H27N2O7PS. The van der Waals surface area contributed by atoms with Gasteiger partial charge in [0.25, 0.3) is 16.9 Å². The maximum atomic E-state index is 13.9. The first-order valence-corrected chi connectivity index (χ1v) is 16.2. The van der Waals surface area contributed by atoms with Gasteiger partial charge >= 0.3 is 5.97 Å². The number of amides is 2. The molecule has 1 aliphatic rings. The van der Waals surface area contributed by atoms with Crippen LogP contribution in [0.15, 0.2) is 121 Å². The number of aliphatic carboxylic acids is 1. The normalized spacial score (nSPS) is 15.9. The Bertz CT molecular complexity index is 1630. The molecule has 0 spiro atoms. The maximum absolute atomic E-state index is 13.9. The van der Waals surface area contributed by atoms with E-state index in [2.05, 4.69) is 5.32 Å². The second kappa shape index (κ2) is 13.6. The van der Waals surface area contributed by atoms with Gasteiger partial charge < -0.3 is 15.2 Å². The van der Waals surface area contributed by atoms with Gasteiger partial charge in [-0.15, -0.1) is 0 Å². The number of hydrogen-bond donors (Lipinski definition) is 2. The van der Waals surface area contributed by atoms with Gasteiger partial charge in [0.15, 0.2) is 12.9 Å². The zero-order valence-corrected chi connectivity index (χ0v) is 24.9. The Morgan fingerprint density at radius 3 is 1.68 bits per heavy atom. The van der Waals surface area contributed by atoms with Crippen LogP contribution in [-0.2, 0) is 24.0 Å². The number of nitrogens with zero attached hydrogens (tertiary/aromatic N) is 1. The number of thioether (sulfide) groups is 1. The van der Waals surface area contributed by atoms with Crippen LogP contribution >= 0.6 is 18.6 Å². The molecule has 0 radical (unpaired) electrons. The van der Waals surface area contributed by atoms with E-state index < -0.39 is 47.8 Å². The molecule has 11 heteroatoms. The van der Waals surface area contributed by atoms with E-state index in [-0.39, 0.29) is 11.7 Å². The summed E-state index contributed by atoms with van der Waals surface area (Å²) in [6, 6.07) is 34.5. The van der Waals surface area contributed by atoms with Gasteiger partial charge in [0.2, 0.25) is 0 Å². The highest BCUT2D eigenvalue weighted by atomic mass is 32.2. The maximum Gasteiger partial charge on any atom is 0.353 e. The number of hydrogen-bond acceptors (Lipinski definition) is 7. The quantitative estimate of drug-likeness (QED) is 0.112. The van der Waals surface area contributed by atoms with Crippen LogP contribution in [0.1, 0.15) is 0 Å². The molecule has 1 saturated heterocycles. The summed E-state index contributed by atoms with van der Waals surface area (Å²) in [4.78, 5) is 65.2. The fourth-order valence-corrected chi connectivity index (χ4v) is 10.5. The van der Waals surface area contributed by atoms with E-state index in [0.29, 0.717) is 33.4 Å². The monoisotopic (exact) mass is 626 g/mol. The van der Waals surface area contributed by atoms with E-state index in [4.69, 9.17) is 4.74 Å². The van der Waals surface area contributed by atoms with Gasteiger partial charge in [-0.1, -0.05) is 121 Å². The second-order valence-corrected chi connectivity index (χ2v) is 14.0.